The minimum atomic E-state index is -3.51. The number of aromatic nitrogens is 3. The quantitative estimate of drug-likeness (QED) is 0.539. The lowest BCUT2D eigenvalue weighted by atomic mass is 9.99. The Hall–Kier alpha value is -2.99. The predicted molar refractivity (Wildman–Crippen MR) is 119 cm³/mol. The molecule has 1 fully saturated rings. The van der Waals surface area contributed by atoms with Gasteiger partial charge in [-0.2, -0.15) is 10.5 Å². The van der Waals surface area contributed by atoms with Crippen LogP contribution >= 0.6 is 0 Å². The van der Waals surface area contributed by atoms with E-state index in [4.69, 9.17) is 9.72 Å². The molecule has 2 aliphatic heterocycles. The summed E-state index contributed by atoms with van der Waals surface area (Å²) in [5.74, 6) is 1.76. The molecule has 10 nitrogen and oxygen atoms in total. The van der Waals surface area contributed by atoms with Gasteiger partial charge in [0.05, 0.1) is 30.3 Å². The molecular formula is C21H24N6O4S. The average molecular weight is 457 g/mol. The number of aromatic amines is 1. The van der Waals surface area contributed by atoms with Crippen molar-refractivity contribution in [1.29, 1.82) is 0 Å². The Labute approximate surface area is 185 Å². The molecule has 0 amide bonds. The van der Waals surface area contributed by atoms with Gasteiger partial charge in [-0.3, -0.25) is 5.10 Å². The molecule has 1 saturated heterocycles. The second kappa shape index (κ2) is 7.85. The van der Waals surface area contributed by atoms with Gasteiger partial charge in [-0.15, -0.1) is 0 Å². The van der Waals surface area contributed by atoms with Crippen LogP contribution in [0.2, 0.25) is 0 Å². The number of aliphatic hydroxyl groups excluding tert-OH is 1. The van der Waals surface area contributed by atoms with E-state index in [9.17, 15) is 13.5 Å². The van der Waals surface area contributed by atoms with Gasteiger partial charge < -0.3 is 14.7 Å². The van der Waals surface area contributed by atoms with Crippen LogP contribution in [0.4, 0.5) is 17.5 Å². The number of aliphatic hydroxyl groups is 1. The summed E-state index contributed by atoms with van der Waals surface area (Å²) in [7, 11) is -3.51. The number of nitrogens with one attached hydrogen (secondary N) is 2. The summed E-state index contributed by atoms with van der Waals surface area (Å²) in [6.45, 7) is 3.85. The van der Waals surface area contributed by atoms with Crippen molar-refractivity contribution < 1.29 is 18.3 Å². The van der Waals surface area contributed by atoms with E-state index < -0.39 is 16.1 Å². The van der Waals surface area contributed by atoms with E-state index in [-0.39, 0.29) is 10.9 Å². The maximum absolute atomic E-state index is 12.6. The monoisotopic (exact) mass is 456 g/mol. The predicted octanol–water partition coefficient (Wildman–Crippen LogP) is 1.75. The minimum absolute atomic E-state index is 0.0900. The van der Waals surface area contributed by atoms with Crippen LogP contribution in [0.5, 0.6) is 0 Å². The van der Waals surface area contributed by atoms with E-state index in [1.165, 1.54) is 6.26 Å². The SMILES string of the molecule is C[C@@H]1COCCN1c1cc(-c2ccccc2S(C)(=O)=O)c2c(n1)N(c1ccn[nH]1)NC2O. The van der Waals surface area contributed by atoms with Gasteiger partial charge in [0.15, 0.2) is 21.9 Å². The van der Waals surface area contributed by atoms with Crippen LogP contribution in [-0.4, -0.2) is 60.8 Å². The summed E-state index contributed by atoms with van der Waals surface area (Å²) >= 11 is 0. The van der Waals surface area contributed by atoms with Crippen molar-refractivity contribution in [3.05, 3.63) is 48.2 Å². The van der Waals surface area contributed by atoms with Crippen LogP contribution < -0.4 is 15.3 Å². The number of hydrazine groups is 1. The normalized spacial score (nSPS) is 21.1. The highest BCUT2D eigenvalue weighted by Gasteiger charge is 2.36. The van der Waals surface area contributed by atoms with E-state index in [0.717, 1.165) is 0 Å². The molecule has 5 rings (SSSR count). The second-order valence-corrected chi connectivity index (χ2v) is 9.94. The van der Waals surface area contributed by atoms with Crippen LogP contribution in [0.1, 0.15) is 18.7 Å². The third-order valence-corrected chi connectivity index (χ3v) is 6.88. The molecular weight excluding hydrogens is 432 g/mol. The summed E-state index contributed by atoms with van der Waals surface area (Å²) < 4.78 is 30.7. The van der Waals surface area contributed by atoms with Gasteiger partial charge in [0.25, 0.3) is 0 Å². The highest BCUT2D eigenvalue weighted by molar-refractivity contribution is 7.90. The Bertz CT molecular complexity index is 1250. The Morgan fingerprint density at radius 1 is 1.22 bits per heavy atom. The Balaban J connectivity index is 1.77. The number of morpholine rings is 1. The van der Waals surface area contributed by atoms with Crippen molar-refractivity contribution in [3.63, 3.8) is 0 Å². The van der Waals surface area contributed by atoms with Crippen LogP contribution in [0.3, 0.4) is 0 Å². The molecule has 2 aliphatic rings. The summed E-state index contributed by atoms with van der Waals surface area (Å²) in [5.41, 5.74) is 4.61. The number of rotatable bonds is 4. The molecule has 1 aromatic carbocycles. The lowest BCUT2D eigenvalue weighted by Crippen LogP contribution is -2.44. The van der Waals surface area contributed by atoms with E-state index in [1.54, 1.807) is 41.5 Å². The molecule has 0 spiro atoms. The highest BCUT2D eigenvalue weighted by atomic mass is 32.2. The van der Waals surface area contributed by atoms with Gasteiger partial charge in [-0.25, -0.2) is 18.4 Å². The first-order valence-electron chi connectivity index (χ1n) is 10.3. The number of ether oxygens (including phenoxy) is 1. The van der Waals surface area contributed by atoms with Gasteiger partial charge in [0.1, 0.15) is 11.6 Å². The number of hydrogen-bond donors (Lipinski definition) is 3. The van der Waals surface area contributed by atoms with Crippen LogP contribution in [0.15, 0.2) is 47.5 Å². The fraction of sp³-hybridized carbons (Fsp3) is 0.333. The molecule has 0 bridgehead atoms. The molecule has 4 heterocycles. The standard InChI is InChI=1S/C21H24N6O4S/c1-13-12-31-10-9-26(13)18-11-15(14-5-3-4-6-16(14)32(2,29)30)19-20(23-18)27(25-21(19)28)17-7-8-22-24-17/h3-8,11,13,21,25,28H,9-10,12H2,1-2H3,(H,22,24)/t13-,21?/m1/s1. The molecule has 32 heavy (non-hydrogen) atoms. The zero-order chi connectivity index (χ0) is 22.5. The molecule has 0 radical (unpaired) electrons. The van der Waals surface area contributed by atoms with Gasteiger partial charge in [-0.05, 0) is 24.6 Å². The Morgan fingerprint density at radius 2 is 2.03 bits per heavy atom. The third kappa shape index (κ3) is 3.52. The van der Waals surface area contributed by atoms with Crippen molar-refractivity contribution in [3.8, 4) is 11.1 Å². The number of nitrogens with zero attached hydrogens (tertiary/aromatic N) is 4. The number of benzene rings is 1. The molecule has 2 atom stereocenters. The molecule has 168 valence electrons. The van der Waals surface area contributed by atoms with E-state index in [2.05, 4.69) is 27.4 Å². The molecule has 1 unspecified atom stereocenters. The van der Waals surface area contributed by atoms with Crippen molar-refractivity contribution in [2.75, 3.05) is 35.9 Å². The Morgan fingerprint density at radius 3 is 2.75 bits per heavy atom. The first kappa shape index (κ1) is 20.9. The van der Waals surface area contributed by atoms with Crippen molar-refractivity contribution in [2.45, 2.75) is 24.1 Å². The average Bonchev–Trinajstić information content (AvgIpc) is 3.41. The van der Waals surface area contributed by atoms with Gasteiger partial charge in [-0.1, -0.05) is 18.2 Å². The summed E-state index contributed by atoms with van der Waals surface area (Å²) in [5, 5.41) is 19.4. The molecule has 3 aromatic rings. The molecule has 0 aliphatic carbocycles. The first-order valence-corrected chi connectivity index (χ1v) is 12.2. The van der Waals surface area contributed by atoms with E-state index in [0.29, 0.717) is 53.9 Å². The molecule has 3 N–H and O–H groups in total. The number of anilines is 3. The van der Waals surface area contributed by atoms with Crippen LogP contribution in [0, 0.1) is 0 Å². The summed E-state index contributed by atoms with van der Waals surface area (Å²) in [4.78, 5) is 7.20. The largest absolute Gasteiger partial charge is 0.377 e. The smallest absolute Gasteiger partial charge is 0.176 e. The van der Waals surface area contributed by atoms with E-state index >= 15 is 0 Å². The molecule has 11 heteroatoms. The number of H-pyrrole nitrogens is 1. The van der Waals surface area contributed by atoms with Crippen molar-refractivity contribution >= 4 is 27.3 Å². The topological polar surface area (TPSA) is 124 Å². The lowest BCUT2D eigenvalue weighted by molar-refractivity contribution is 0.0985. The van der Waals surface area contributed by atoms with Gasteiger partial charge in [0.2, 0.25) is 0 Å². The molecule has 2 aromatic heterocycles. The van der Waals surface area contributed by atoms with Crippen molar-refractivity contribution in [2.24, 2.45) is 0 Å². The Kier molecular flexibility index (Phi) is 5.13. The van der Waals surface area contributed by atoms with Gasteiger partial charge in [0, 0.05) is 30.0 Å². The van der Waals surface area contributed by atoms with E-state index in [1.807, 2.05) is 6.07 Å². The summed E-state index contributed by atoms with van der Waals surface area (Å²) in [6.07, 6.45) is 1.71. The number of pyridine rings is 1. The van der Waals surface area contributed by atoms with Gasteiger partial charge >= 0.3 is 0 Å². The first-order chi connectivity index (χ1) is 15.3. The zero-order valence-electron chi connectivity index (χ0n) is 17.7. The maximum Gasteiger partial charge on any atom is 0.176 e. The fourth-order valence-electron chi connectivity index (χ4n) is 4.22. The maximum atomic E-state index is 12.6. The van der Waals surface area contributed by atoms with Crippen LogP contribution in [-0.2, 0) is 14.6 Å². The molecule has 0 saturated carbocycles. The summed E-state index contributed by atoms with van der Waals surface area (Å²) in [6, 6.07) is 10.5. The lowest BCUT2D eigenvalue weighted by Gasteiger charge is -2.35. The van der Waals surface area contributed by atoms with Crippen LogP contribution in [0.25, 0.3) is 11.1 Å². The highest BCUT2D eigenvalue weighted by Crippen LogP contribution is 2.44. The zero-order valence-corrected chi connectivity index (χ0v) is 18.5. The number of hydrogen-bond acceptors (Lipinski definition) is 9. The third-order valence-electron chi connectivity index (χ3n) is 5.73. The number of fused-ring (bicyclic) bond motifs is 1. The number of sulfone groups is 1. The minimum Gasteiger partial charge on any atom is -0.377 e. The second-order valence-electron chi connectivity index (χ2n) is 7.96. The van der Waals surface area contributed by atoms with Crippen molar-refractivity contribution in [1.82, 2.24) is 20.6 Å². The fourth-order valence-corrected chi connectivity index (χ4v) is 5.13.